The summed E-state index contributed by atoms with van der Waals surface area (Å²) in [6.07, 6.45) is 2.01. The van der Waals surface area contributed by atoms with E-state index >= 15 is 0 Å². The van der Waals surface area contributed by atoms with Crippen molar-refractivity contribution in [1.29, 1.82) is 0 Å². The number of carbonyl (C=O) groups excluding carboxylic acids is 2. The largest absolute Gasteiger partial charge is 0.381 e. The predicted octanol–water partition coefficient (Wildman–Crippen LogP) is -0.453. The van der Waals surface area contributed by atoms with E-state index in [4.69, 9.17) is 10.5 Å². The van der Waals surface area contributed by atoms with Gasteiger partial charge in [-0.05, 0) is 12.8 Å². The van der Waals surface area contributed by atoms with Gasteiger partial charge in [-0.2, -0.15) is 0 Å². The summed E-state index contributed by atoms with van der Waals surface area (Å²) in [6.45, 7) is 1.39. The van der Waals surface area contributed by atoms with Crippen molar-refractivity contribution in [3.05, 3.63) is 0 Å². The Morgan fingerprint density at radius 2 is 1.93 bits per heavy atom. The maximum absolute atomic E-state index is 11.3. The Balaban J connectivity index is 2.15. The smallest absolute Gasteiger partial charge is 0.220 e. The lowest BCUT2D eigenvalue weighted by atomic mass is 10.1. The zero-order valence-electron chi connectivity index (χ0n) is 8.12. The average molecular weight is 200 g/mol. The van der Waals surface area contributed by atoms with Crippen LogP contribution < -0.4 is 11.1 Å². The monoisotopic (exact) mass is 200 g/mol. The van der Waals surface area contributed by atoms with Crippen molar-refractivity contribution >= 4 is 11.8 Å². The summed E-state index contributed by atoms with van der Waals surface area (Å²) in [7, 11) is 0. The second-order valence-corrected chi connectivity index (χ2v) is 3.42. The summed E-state index contributed by atoms with van der Waals surface area (Å²) < 4.78 is 5.15. The standard InChI is InChI=1S/C9H16N2O3/c10-8(12)1-2-9(13)11-7-3-5-14-6-4-7/h7H,1-6H2,(H2,10,12)(H,11,13). The third kappa shape index (κ3) is 4.23. The van der Waals surface area contributed by atoms with Crippen molar-refractivity contribution in [1.82, 2.24) is 5.32 Å². The van der Waals surface area contributed by atoms with Gasteiger partial charge >= 0.3 is 0 Å². The molecule has 0 atom stereocenters. The molecule has 80 valence electrons. The van der Waals surface area contributed by atoms with Crippen molar-refractivity contribution in [2.24, 2.45) is 5.73 Å². The van der Waals surface area contributed by atoms with Crippen LogP contribution in [0.25, 0.3) is 0 Å². The van der Waals surface area contributed by atoms with E-state index in [1.54, 1.807) is 0 Å². The first-order chi connectivity index (χ1) is 6.68. The molecule has 1 aliphatic heterocycles. The number of carbonyl (C=O) groups is 2. The molecule has 0 bridgehead atoms. The number of rotatable bonds is 4. The van der Waals surface area contributed by atoms with Gasteiger partial charge in [-0.15, -0.1) is 0 Å². The van der Waals surface area contributed by atoms with Gasteiger partial charge in [-0.1, -0.05) is 0 Å². The van der Waals surface area contributed by atoms with Gasteiger partial charge in [0.15, 0.2) is 0 Å². The minimum Gasteiger partial charge on any atom is -0.381 e. The topological polar surface area (TPSA) is 81.4 Å². The molecule has 5 nitrogen and oxygen atoms in total. The lowest BCUT2D eigenvalue weighted by Crippen LogP contribution is -2.39. The Bertz CT molecular complexity index is 212. The number of ether oxygens (including phenoxy) is 1. The Kier molecular flexibility index (Phi) is 4.39. The van der Waals surface area contributed by atoms with E-state index in [-0.39, 0.29) is 24.8 Å². The van der Waals surface area contributed by atoms with Crippen LogP contribution in [-0.2, 0) is 14.3 Å². The molecule has 3 N–H and O–H groups in total. The van der Waals surface area contributed by atoms with Crippen LogP contribution in [0.5, 0.6) is 0 Å². The number of hydrogen-bond donors (Lipinski definition) is 2. The van der Waals surface area contributed by atoms with Crippen LogP contribution in [0.15, 0.2) is 0 Å². The predicted molar refractivity (Wildman–Crippen MR) is 50.4 cm³/mol. The van der Waals surface area contributed by atoms with Gasteiger partial charge in [0.25, 0.3) is 0 Å². The minimum atomic E-state index is -0.438. The van der Waals surface area contributed by atoms with Crippen LogP contribution >= 0.6 is 0 Å². The van der Waals surface area contributed by atoms with E-state index in [9.17, 15) is 9.59 Å². The first-order valence-corrected chi connectivity index (χ1v) is 4.84. The summed E-state index contributed by atoms with van der Waals surface area (Å²) in [4.78, 5) is 21.7. The second kappa shape index (κ2) is 5.59. The molecule has 0 unspecified atom stereocenters. The summed E-state index contributed by atoms with van der Waals surface area (Å²) >= 11 is 0. The van der Waals surface area contributed by atoms with Gasteiger partial charge in [-0.25, -0.2) is 0 Å². The Hall–Kier alpha value is -1.10. The molecular formula is C9H16N2O3. The molecule has 1 fully saturated rings. The molecule has 0 aliphatic carbocycles. The normalized spacial score (nSPS) is 17.7. The molecule has 0 spiro atoms. The number of amides is 2. The SMILES string of the molecule is NC(=O)CCC(=O)NC1CCOCC1. The number of hydrogen-bond acceptors (Lipinski definition) is 3. The highest BCUT2D eigenvalue weighted by molar-refractivity contribution is 5.82. The van der Waals surface area contributed by atoms with E-state index in [0.29, 0.717) is 13.2 Å². The van der Waals surface area contributed by atoms with Crippen molar-refractivity contribution < 1.29 is 14.3 Å². The maximum atomic E-state index is 11.3. The van der Waals surface area contributed by atoms with Gasteiger partial charge in [0, 0.05) is 32.1 Å². The number of nitrogens with one attached hydrogen (secondary N) is 1. The van der Waals surface area contributed by atoms with Crippen LogP contribution in [-0.4, -0.2) is 31.1 Å². The molecule has 1 aliphatic rings. The highest BCUT2D eigenvalue weighted by atomic mass is 16.5. The third-order valence-electron chi connectivity index (χ3n) is 2.18. The summed E-state index contributed by atoms with van der Waals surface area (Å²) in [5.41, 5.74) is 4.93. The van der Waals surface area contributed by atoms with Crippen molar-refractivity contribution in [3.8, 4) is 0 Å². The van der Waals surface area contributed by atoms with Crippen LogP contribution in [0.3, 0.4) is 0 Å². The van der Waals surface area contributed by atoms with E-state index in [1.807, 2.05) is 0 Å². The summed E-state index contributed by atoms with van der Waals surface area (Å²) in [6, 6.07) is 0.198. The zero-order valence-corrected chi connectivity index (χ0v) is 8.12. The van der Waals surface area contributed by atoms with Gasteiger partial charge < -0.3 is 15.8 Å². The van der Waals surface area contributed by atoms with Crippen LogP contribution in [0, 0.1) is 0 Å². The molecule has 1 heterocycles. The molecule has 0 radical (unpaired) electrons. The van der Waals surface area contributed by atoms with Crippen molar-refractivity contribution in [2.75, 3.05) is 13.2 Å². The summed E-state index contributed by atoms with van der Waals surface area (Å²) in [5, 5.41) is 2.85. The van der Waals surface area contributed by atoms with Gasteiger partial charge in [0.05, 0.1) is 0 Å². The molecular weight excluding hydrogens is 184 g/mol. The Morgan fingerprint density at radius 1 is 1.29 bits per heavy atom. The molecule has 0 saturated carbocycles. The maximum Gasteiger partial charge on any atom is 0.220 e. The zero-order chi connectivity index (χ0) is 10.4. The first kappa shape index (κ1) is 11.0. The fourth-order valence-corrected chi connectivity index (χ4v) is 1.38. The van der Waals surface area contributed by atoms with Crippen molar-refractivity contribution in [2.45, 2.75) is 31.7 Å². The molecule has 0 aromatic heterocycles. The van der Waals surface area contributed by atoms with Crippen LogP contribution in [0.1, 0.15) is 25.7 Å². The van der Waals surface area contributed by atoms with E-state index in [2.05, 4.69) is 5.32 Å². The third-order valence-corrected chi connectivity index (χ3v) is 2.18. The Morgan fingerprint density at radius 3 is 2.50 bits per heavy atom. The van der Waals surface area contributed by atoms with Crippen molar-refractivity contribution in [3.63, 3.8) is 0 Å². The fraction of sp³-hybridized carbons (Fsp3) is 0.778. The fourth-order valence-electron chi connectivity index (χ4n) is 1.38. The molecule has 0 aromatic rings. The summed E-state index contributed by atoms with van der Waals surface area (Å²) in [5.74, 6) is -0.539. The van der Waals surface area contributed by atoms with Gasteiger partial charge in [0.1, 0.15) is 0 Å². The van der Waals surface area contributed by atoms with Gasteiger partial charge in [-0.3, -0.25) is 9.59 Å². The first-order valence-electron chi connectivity index (χ1n) is 4.84. The lowest BCUT2D eigenvalue weighted by Gasteiger charge is -2.22. The lowest BCUT2D eigenvalue weighted by molar-refractivity contribution is -0.125. The van der Waals surface area contributed by atoms with Crippen LogP contribution in [0.4, 0.5) is 0 Å². The quantitative estimate of drug-likeness (QED) is 0.644. The van der Waals surface area contributed by atoms with Crippen LogP contribution in [0.2, 0.25) is 0 Å². The van der Waals surface area contributed by atoms with E-state index in [1.165, 1.54) is 0 Å². The number of primary amides is 1. The van der Waals surface area contributed by atoms with E-state index < -0.39 is 5.91 Å². The average Bonchev–Trinajstić information content (AvgIpc) is 2.16. The molecule has 1 rings (SSSR count). The molecule has 0 aromatic carbocycles. The highest BCUT2D eigenvalue weighted by Crippen LogP contribution is 2.06. The number of nitrogens with two attached hydrogens (primary N) is 1. The Labute approximate surface area is 83.0 Å². The van der Waals surface area contributed by atoms with E-state index in [0.717, 1.165) is 12.8 Å². The molecule has 14 heavy (non-hydrogen) atoms. The van der Waals surface area contributed by atoms with Gasteiger partial charge in [0.2, 0.25) is 11.8 Å². The second-order valence-electron chi connectivity index (χ2n) is 3.42. The molecule has 2 amide bonds. The minimum absolute atomic E-state index is 0.101. The molecule has 1 saturated heterocycles. The highest BCUT2D eigenvalue weighted by Gasteiger charge is 2.15. The molecule has 5 heteroatoms.